The van der Waals surface area contributed by atoms with E-state index in [2.05, 4.69) is 15.1 Å². The molecule has 0 aliphatic carbocycles. The lowest BCUT2D eigenvalue weighted by molar-refractivity contribution is -0.192. The Morgan fingerprint density at radius 1 is 1.57 bits per heavy atom. The lowest BCUT2D eigenvalue weighted by Crippen LogP contribution is -2.45. The third kappa shape index (κ3) is 1.92. The molecule has 2 saturated heterocycles. The molecule has 2 aromatic rings. The number of methoxy groups -OCH3 is 2. The zero-order valence-corrected chi connectivity index (χ0v) is 12.7. The fraction of sp³-hybridized carbons (Fsp3) is 0.615. The van der Waals surface area contributed by atoms with Gasteiger partial charge in [-0.2, -0.15) is 10.1 Å². The van der Waals surface area contributed by atoms with Crippen molar-refractivity contribution in [2.75, 3.05) is 33.2 Å². The Kier molecular flexibility index (Phi) is 3.17. The standard InChI is InChI=1S/C13H17N5O5/c1-20-4-13-5-22-7(8(13)21-2)11(23-13)18-9-6(3-15-18)10(19)17-12(14)16-9/h3,7-8,11H,4-5H2,1-2H3,(H3,14,16,17,19)/t7-,8?,11+,13+/m0/s1. The molecule has 124 valence electrons. The van der Waals surface area contributed by atoms with Crippen LogP contribution in [0.1, 0.15) is 6.23 Å². The molecule has 2 aliphatic heterocycles. The first-order valence-corrected chi connectivity index (χ1v) is 7.14. The highest BCUT2D eigenvalue weighted by Gasteiger charge is 2.63. The number of nitrogens with two attached hydrogens (primary N) is 1. The number of ether oxygens (including phenoxy) is 4. The molecule has 1 unspecified atom stereocenters. The van der Waals surface area contributed by atoms with Crippen LogP contribution in [0, 0.1) is 0 Å². The van der Waals surface area contributed by atoms with Crippen molar-refractivity contribution in [1.82, 2.24) is 19.7 Å². The molecule has 0 spiro atoms. The van der Waals surface area contributed by atoms with E-state index in [1.54, 1.807) is 14.2 Å². The van der Waals surface area contributed by atoms with Gasteiger partial charge in [0.25, 0.3) is 5.56 Å². The van der Waals surface area contributed by atoms with Crippen LogP contribution in [0.2, 0.25) is 0 Å². The maximum atomic E-state index is 11.9. The largest absolute Gasteiger partial charge is 0.381 e. The van der Waals surface area contributed by atoms with Crippen molar-refractivity contribution >= 4 is 17.0 Å². The van der Waals surface area contributed by atoms with E-state index >= 15 is 0 Å². The molecule has 2 aromatic heterocycles. The summed E-state index contributed by atoms with van der Waals surface area (Å²) in [6, 6.07) is 0. The van der Waals surface area contributed by atoms with E-state index < -0.39 is 11.8 Å². The number of anilines is 1. The highest BCUT2D eigenvalue weighted by molar-refractivity contribution is 5.74. The van der Waals surface area contributed by atoms with Crippen molar-refractivity contribution in [2.45, 2.75) is 24.0 Å². The molecule has 0 saturated carbocycles. The smallest absolute Gasteiger partial charge is 0.263 e. The van der Waals surface area contributed by atoms with Gasteiger partial charge in [0.05, 0.1) is 19.4 Å². The Bertz CT molecular complexity index is 804. The summed E-state index contributed by atoms with van der Waals surface area (Å²) < 4.78 is 24.3. The molecular weight excluding hydrogens is 306 g/mol. The van der Waals surface area contributed by atoms with Crippen molar-refractivity contribution in [3.05, 3.63) is 16.6 Å². The number of H-pyrrole nitrogens is 1. The molecule has 2 fully saturated rings. The average Bonchev–Trinajstić information content (AvgIpc) is 3.15. The minimum Gasteiger partial charge on any atom is -0.381 e. The van der Waals surface area contributed by atoms with E-state index in [4.69, 9.17) is 24.7 Å². The predicted molar refractivity (Wildman–Crippen MR) is 77.8 cm³/mol. The maximum absolute atomic E-state index is 11.9. The zero-order valence-electron chi connectivity index (χ0n) is 12.7. The predicted octanol–water partition coefficient (Wildman–Crippen LogP) is -0.970. The van der Waals surface area contributed by atoms with Crippen LogP contribution >= 0.6 is 0 Å². The molecule has 4 heterocycles. The highest BCUT2D eigenvalue weighted by Crippen LogP contribution is 2.46. The number of fused-ring (bicyclic) bond motifs is 3. The minimum atomic E-state index is -0.705. The Balaban J connectivity index is 1.79. The first-order chi connectivity index (χ1) is 11.1. The first kappa shape index (κ1) is 14.6. The number of hydrogen-bond acceptors (Lipinski definition) is 8. The van der Waals surface area contributed by atoms with Gasteiger partial charge in [-0.15, -0.1) is 0 Å². The summed E-state index contributed by atoms with van der Waals surface area (Å²) in [5.41, 5.74) is 4.92. The summed E-state index contributed by atoms with van der Waals surface area (Å²) in [5.74, 6) is 0.0169. The van der Waals surface area contributed by atoms with E-state index in [-0.39, 0.29) is 23.7 Å². The monoisotopic (exact) mass is 323 g/mol. The van der Waals surface area contributed by atoms with Gasteiger partial charge in [-0.3, -0.25) is 9.78 Å². The van der Waals surface area contributed by atoms with Gasteiger partial charge in [-0.1, -0.05) is 0 Å². The van der Waals surface area contributed by atoms with Crippen molar-refractivity contribution in [3.8, 4) is 0 Å². The van der Waals surface area contributed by atoms with Gasteiger partial charge >= 0.3 is 0 Å². The SMILES string of the molecule is COC[C@@]12CO[C@@H](C1OC)[C@H](n1ncc3c(=O)[nH]c(N)nc31)O2. The zero-order chi connectivity index (χ0) is 16.2. The van der Waals surface area contributed by atoms with Crippen LogP contribution in [0.15, 0.2) is 11.0 Å². The third-order valence-electron chi connectivity index (χ3n) is 4.34. The summed E-state index contributed by atoms with van der Waals surface area (Å²) in [7, 11) is 3.20. The van der Waals surface area contributed by atoms with Gasteiger partial charge in [-0.05, 0) is 0 Å². The highest BCUT2D eigenvalue weighted by atomic mass is 16.7. The first-order valence-electron chi connectivity index (χ1n) is 7.14. The summed E-state index contributed by atoms with van der Waals surface area (Å²) in [5, 5.41) is 4.57. The second-order valence-electron chi connectivity index (χ2n) is 5.72. The van der Waals surface area contributed by atoms with Crippen LogP contribution in [0.5, 0.6) is 0 Å². The number of hydrogen-bond donors (Lipinski definition) is 2. The molecule has 2 aliphatic rings. The fourth-order valence-electron chi connectivity index (χ4n) is 3.43. The lowest BCUT2D eigenvalue weighted by atomic mass is 10.0. The second-order valence-corrected chi connectivity index (χ2v) is 5.72. The number of nitrogen functional groups attached to an aromatic ring is 1. The van der Waals surface area contributed by atoms with E-state index in [1.807, 2.05) is 0 Å². The van der Waals surface area contributed by atoms with Crippen LogP contribution in [-0.2, 0) is 18.9 Å². The Morgan fingerprint density at radius 2 is 2.39 bits per heavy atom. The van der Waals surface area contributed by atoms with E-state index in [0.29, 0.717) is 24.2 Å². The normalized spacial score (nSPS) is 32.9. The summed E-state index contributed by atoms with van der Waals surface area (Å²) in [6.07, 6.45) is 0.183. The van der Waals surface area contributed by atoms with Crippen molar-refractivity contribution < 1.29 is 18.9 Å². The number of nitrogens with one attached hydrogen (secondary N) is 1. The van der Waals surface area contributed by atoms with E-state index in [9.17, 15) is 4.79 Å². The van der Waals surface area contributed by atoms with Crippen molar-refractivity contribution in [1.29, 1.82) is 0 Å². The summed E-state index contributed by atoms with van der Waals surface area (Å²) in [6.45, 7) is 0.698. The van der Waals surface area contributed by atoms with Crippen molar-refractivity contribution in [3.63, 3.8) is 0 Å². The maximum Gasteiger partial charge on any atom is 0.263 e. The number of nitrogens with zero attached hydrogens (tertiary/aromatic N) is 3. The van der Waals surface area contributed by atoms with Gasteiger partial charge in [0.15, 0.2) is 11.9 Å². The third-order valence-corrected chi connectivity index (χ3v) is 4.34. The lowest BCUT2D eigenvalue weighted by Gasteiger charge is -2.30. The Labute approximate surface area is 130 Å². The van der Waals surface area contributed by atoms with Gasteiger partial charge < -0.3 is 24.7 Å². The Morgan fingerprint density at radius 3 is 3.13 bits per heavy atom. The van der Waals surface area contributed by atoms with Gasteiger partial charge in [-0.25, -0.2) is 4.68 Å². The summed E-state index contributed by atoms with van der Waals surface area (Å²) in [4.78, 5) is 18.5. The van der Waals surface area contributed by atoms with Gasteiger partial charge in [0.2, 0.25) is 5.95 Å². The second kappa shape index (κ2) is 4.99. The topological polar surface area (TPSA) is 127 Å². The molecule has 10 heteroatoms. The molecule has 0 aromatic carbocycles. The van der Waals surface area contributed by atoms with Crippen LogP contribution in [0.3, 0.4) is 0 Å². The molecule has 4 atom stereocenters. The summed E-state index contributed by atoms with van der Waals surface area (Å²) >= 11 is 0. The quantitative estimate of drug-likeness (QED) is 0.736. The molecule has 23 heavy (non-hydrogen) atoms. The number of aromatic nitrogens is 4. The molecular formula is C13H17N5O5. The molecule has 2 bridgehead atoms. The van der Waals surface area contributed by atoms with Crippen LogP contribution in [0.25, 0.3) is 11.0 Å². The van der Waals surface area contributed by atoms with Crippen molar-refractivity contribution in [2.24, 2.45) is 0 Å². The van der Waals surface area contributed by atoms with Crippen LogP contribution in [-0.4, -0.2) is 65.0 Å². The molecule has 4 rings (SSSR count). The average molecular weight is 323 g/mol. The fourth-order valence-corrected chi connectivity index (χ4v) is 3.43. The molecule has 0 radical (unpaired) electrons. The van der Waals surface area contributed by atoms with Crippen LogP contribution < -0.4 is 11.3 Å². The van der Waals surface area contributed by atoms with Gasteiger partial charge in [0.1, 0.15) is 23.2 Å². The van der Waals surface area contributed by atoms with Crippen LogP contribution in [0.4, 0.5) is 5.95 Å². The molecule has 0 amide bonds. The molecule has 10 nitrogen and oxygen atoms in total. The minimum absolute atomic E-state index is 0.0169. The van der Waals surface area contributed by atoms with E-state index in [0.717, 1.165) is 0 Å². The van der Waals surface area contributed by atoms with Gasteiger partial charge in [0, 0.05) is 14.2 Å². The number of rotatable bonds is 4. The Hall–Kier alpha value is -2.01. The molecule has 3 N–H and O–H groups in total. The van der Waals surface area contributed by atoms with E-state index in [1.165, 1.54) is 10.9 Å². The number of aromatic amines is 1.